The van der Waals surface area contributed by atoms with Gasteiger partial charge in [0.2, 0.25) is 5.91 Å². The molecule has 1 aromatic rings. The summed E-state index contributed by atoms with van der Waals surface area (Å²) in [5.41, 5.74) is 2.72. The van der Waals surface area contributed by atoms with Gasteiger partial charge in [0.05, 0.1) is 16.7 Å². The summed E-state index contributed by atoms with van der Waals surface area (Å²) in [7, 11) is 0. The summed E-state index contributed by atoms with van der Waals surface area (Å²) in [5.74, 6) is 0.564. The molecule has 2 rings (SSSR count). The SMILES string of the molecule is C=C(C)CSC1=C(C#N)[C@@H](c2ccsc2)CC(=O)N1. The monoisotopic (exact) mass is 290 g/mol. The molecule has 19 heavy (non-hydrogen) atoms. The quantitative estimate of drug-likeness (QED) is 0.865. The molecule has 1 aromatic heterocycles. The third-order valence-corrected chi connectivity index (χ3v) is 4.71. The van der Waals surface area contributed by atoms with Crippen molar-refractivity contribution < 1.29 is 4.79 Å². The maximum absolute atomic E-state index is 11.8. The van der Waals surface area contributed by atoms with Crippen LogP contribution in [-0.2, 0) is 4.79 Å². The summed E-state index contributed by atoms with van der Waals surface area (Å²) in [4.78, 5) is 11.8. The minimum Gasteiger partial charge on any atom is -0.320 e. The number of nitriles is 1. The lowest BCUT2D eigenvalue weighted by molar-refractivity contribution is -0.120. The van der Waals surface area contributed by atoms with Crippen LogP contribution in [0.1, 0.15) is 24.8 Å². The van der Waals surface area contributed by atoms with E-state index in [1.54, 1.807) is 11.3 Å². The number of thioether (sulfide) groups is 1. The van der Waals surface area contributed by atoms with Crippen LogP contribution in [0, 0.1) is 11.3 Å². The van der Waals surface area contributed by atoms with Crippen LogP contribution in [0.5, 0.6) is 0 Å². The first-order valence-corrected chi connectivity index (χ1v) is 7.78. The standard InChI is InChI=1S/C14H14N2OS2/c1-9(2)7-19-14-12(6-15)11(5-13(17)16-14)10-3-4-18-8-10/h3-4,8,11H,1,5,7H2,2H3,(H,16,17)/t11-/m1/s1. The topological polar surface area (TPSA) is 52.9 Å². The van der Waals surface area contributed by atoms with E-state index in [0.717, 1.165) is 11.1 Å². The molecule has 5 heteroatoms. The second kappa shape index (κ2) is 6.09. The van der Waals surface area contributed by atoms with E-state index in [4.69, 9.17) is 0 Å². The van der Waals surface area contributed by atoms with E-state index in [1.165, 1.54) is 11.8 Å². The number of amides is 1. The lowest BCUT2D eigenvalue weighted by Gasteiger charge is -2.24. The number of allylic oxidation sites excluding steroid dienone is 1. The number of nitrogens with one attached hydrogen (secondary N) is 1. The van der Waals surface area contributed by atoms with Crippen molar-refractivity contribution in [1.29, 1.82) is 5.26 Å². The average Bonchev–Trinajstić information content (AvgIpc) is 2.89. The van der Waals surface area contributed by atoms with Crippen LogP contribution in [0.25, 0.3) is 0 Å². The Morgan fingerprint density at radius 1 is 1.74 bits per heavy atom. The molecule has 0 bridgehead atoms. The molecule has 0 saturated heterocycles. The van der Waals surface area contributed by atoms with Crippen LogP contribution in [0.3, 0.4) is 0 Å². The number of hydrogen-bond donors (Lipinski definition) is 1. The molecule has 0 fully saturated rings. The summed E-state index contributed by atoms with van der Waals surface area (Å²) < 4.78 is 0. The van der Waals surface area contributed by atoms with E-state index in [1.807, 2.05) is 23.8 Å². The van der Waals surface area contributed by atoms with Crippen molar-refractivity contribution in [2.75, 3.05) is 5.75 Å². The fraction of sp³-hybridized carbons (Fsp3) is 0.286. The largest absolute Gasteiger partial charge is 0.320 e. The van der Waals surface area contributed by atoms with E-state index in [2.05, 4.69) is 18.0 Å². The molecule has 1 aliphatic heterocycles. The molecule has 1 aliphatic rings. The van der Waals surface area contributed by atoms with Crippen LogP contribution in [-0.4, -0.2) is 11.7 Å². The fourth-order valence-corrected chi connectivity index (χ4v) is 3.52. The Morgan fingerprint density at radius 2 is 2.53 bits per heavy atom. The van der Waals surface area contributed by atoms with Gasteiger partial charge in [0.25, 0.3) is 0 Å². The molecule has 1 N–H and O–H groups in total. The van der Waals surface area contributed by atoms with Gasteiger partial charge < -0.3 is 5.32 Å². The molecular weight excluding hydrogens is 276 g/mol. The highest BCUT2D eigenvalue weighted by Crippen LogP contribution is 2.36. The number of nitrogens with zero attached hydrogens (tertiary/aromatic N) is 1. The van der Waals surface area contributed by atoms with E-state index in [9.17, 15) is 10.1 Å². The Bertz CT molecular complexity index is 567. The lowest BCUT2D eigenvalue weighted by Crippen LogP contribution is -2.30. The van der Waals surface area contributed by atoms with Gasteiger partial charge in [-0.1, -0.05) is 12.2 Å². The van der Waals surface area contributed by atoms with Gasteiger partial charge in [-0.05, 0) is 29.3 Å². The van der Waals surface area contributed by atoms with Gasteiger partial charge in [0, 0.05) is 18.1 Å². The van der Waals surface area contributed by atoms with Crippen LogP contribution < -0.4 is 5.32 Å². The molecule has 98 valence electrons. The molecule has 0 aliphatic carbocycles. The zero-order valence-electron chi connectivity index (χ0n) is 10.6. The minimum absolute atomic E-state index is 0.0283. The lowest BCUT2D eigenvalue weighted by atomic mass is 9.89. The van der Waals surface area contributed by atoms with Crippen molar-refractivity contribution in [3.05, 3.63) is 45.1 Å². The van der Waals surface area contributed by atoms with Gasteiger partial charge in [-0.15, -0.1) is 11.8 Å². The molecule has 0 spiro atoms. The smallest absolute Gasteiger partial charge is 0.225 e. The molecule has 2 heterocycles. The Labute approximate surface area is 121 Å². The number of thiophene rings is 1. The summed E-state index contributed by atoms with van der Waals surface area (Å²) >= 11 is 3.05. The molecule has 0 unspecified atom stereocenters. The molecule has 1 amide bonds. The van der Waals surface area contributed by atoms with E-state index >= 15 is 0 Å². The highest BCUT2D eigenvalue weighted by molar-refractivity contribution is 8.03. The number of carbonyl (C=O) groups excluding carboxylic acids is 1. The maximum Gasteiger partial charge on any atom is 0.225 e. The third kappa shape index (κ3) is 3.28. The predicted molar refractivity (Wildman–Crippen MR) is 79.7 cm³/mol. The third-order valence-electron chi connectivity index (χ3n) is 2.76. The average molecular weight is 290 g/mol. The number of carbonyl (C=O) groups is 1. The van der Waals surface area contributed by atoms with Gasteiger partial charge in [0.15, 0.2) is 0 Å². The van der Waals surface area contributed by atoms with E-state index in [-0.39, 0.29) is 11.8 Å². The zero-order chi connectivity index (χ0) is 13.8. The van der Waals surface area contributed by atoms with Gasteiger partial charge in [-0.25, -0.2) is 0 Å². The van der Waals surface area contributed by atoms with Gasteiger partial charge in [-0.2, -0.15) is 16.6 Å². The first-order chi connectivity index (χ1) is 9.11. The van der Waals surface area contributed by atoms with Crippen molar-refractivity contribution in [3.8, 4) is 6.07 Å². The highest BCUT2D eigenvalue weighted by atomic mass is 32.2. The zero-order valence-corrected chi connectivity index (χ0v) is 12.2. The molecule has 0 radical (unpaired) electrons. The second-order valence-electron chi connectivity index (χ2n) is 4.46. The Morgan fingerprint density at radius 3 is 3.11 bits per heavy atom. The van der Waals surface area contributed by atoms with E-state index in [0.29, 0.717) is 22.8 Å². The number of rotatable bonds is 4. The van der Waals surface area contributed by atoms with Crippen molar-refractivity contribution in [2.24, 2.45) is 0 Å². The summed E-state index contributed by atoms with van der Waals surface area (Å²) in [5, 5.41) is 16.8. The Hall–Kier alpha value is -1.51. The van der Waals surface area contributed by atoms with E-state index < -0.39 is 0 Å². The summed E-state index contributed by atoms with van der Waals surface area (Å²) in [6.07, 6.45) is 0.344. The molecule has 3 nitrogen and oxygen atoms in total. The van der Waals surface area contributed by atoms with Gasteiger partial charge >= 0.3 is 0 Å². The first-order valence-electron chi connectivity index (χ1n) is 5.85. The summed E-state index contributed by atoms with van der Waals surface area (Å²) in [6, 6.07) is 4.23. The predicted octanol–water partition coefficient (Wildman–Crippen LogP) is 3.40. The van der Waals surface area contributed by atoms with Gasteiger partial charge in [0.1, 0.15) is 0 Å². The van der Waals surface area contributed by atoms with Crippen molar-refractivity contribution >= 4 is 29.0 Å². The van der Waals surface area contributed by atoms with Crippen LogP contribution in [0.15, 0.2) is 39.6 Å². The first kappa shape index (κ1) is 13.9. The normalized spacial score (nSPS) is 18.9. The molecular formula is C14H14N2OS2. The fourth-order valence-electron chi connectivity index (χ4n) is 1.89. The van der Waals surface area contributed by atoms with Gasteiger partial charge in [-0.3, -0.25) is 4.79 Å². The van der Waals surface area contributed by atoms with Crippen LogP contribution in [0.2, 0.25) is 0 Å². The number of hydrogen-bond acceptors (Lipinski definition) is 4. The van der Waals surface area contributed by atoms with Crippen molar-refractivity contribution in [1.82, 2.24) is 5.32 Å². The Balaban J connectivity index is 2.33. The molecule has 1 atom stereocenters. The van der Waals surface area contributed by atoms with Crippen LogP contribution >= 0.6 is 23.1 Å². The Kier molecular flexibility index (Phi) is 4.46. The van der Waals surface area contributed by atoms with Crippen molar-refractivity contribution in [3.63, 3.8) is 0 Å². The minimum atomic E-state index is -0.113. The highest BCUT2D eigenvalue weighted by Gasteiger charge is 2.29. The second-order valence-corrected chi connectivity index (χ2v) is 6.23. The van der Waals surface area contributed by atoms with Crippen molar-refractivity contribution in [2.45, 2.75) is 19.3 Å². The summed E-state index contributed by atoms with van der Waals surface area (Å²) in [6.45, 7) is 5.77. The molecule has 0 saturated carbocycles. The maximum atomic E-state index is 11.8. The van der Waals surface area contributed by atoms with Crippen LogP contribution in [0.4, 0.5) is 0 Å². The molecule has 0 aromatic carbocycles.